The van der Waals surface area contributed by atoms with Gasteiger partial charge >= 0.3 is 0 Å². The smallest absolute Gasteiger partial charge is 0.183 e. The van der Waals surface area contributed by atoms with Gasteiger partial charge in [0.15, 0.2) is 6.29 Å². The highest BCUT2D eigenvalue weighted by atomic mass is 79.9. The molecule has 0 aliphatic rings. The molecule has 14 heavy (non-hydrogen) atoms. The molecule has 78 valence electrons. The molecule has 0 radical (unpaired) electrons. The summed E-state index contributed by atoms with van der Waals surface area (Å²) in [7, 11) is 3.30. The molecule has 2 nitrogen and oxygen atoms in total. The SMILES string of the molecule is COC(OC)c1c(C)cccc1CBr. The van der Waals surface area contributed by atoms with Crippen molar-refractivity contribution < 1.29 is 9.47 Å². The standard InChI is InChI=1S/C11H15BrO2/c1-8-5-4-6-9(7-12)10(8)11(13-2)14-3/h4-6,11H,7H2,1-3H3. The minimum absolute atomic E-state index is 0.274. The molecule has 0 saturated carbocycles. The maximum Gasteiger partial charge on any atom is 0.183 e. The molecule has 0 saturated heterocycles. The zero-order valence-electron chi connectivity index (χ0n) is 8.71. The van der Waals surface area contributed by atoms with E-state index >= 15 is 0 Å². The number of methoxy groups -OCH3 is 2. The third-order valence-corrected chi connectivity index (χ3v) is 2.83. The first-order valence-electron chi connectivity index (χ1n) is 4.44. The van der Waals surface area contributed by atoms with E-state index in [1.807, 2.05) is 6.07 Å². The molecule has 0 atom stereocenters. The molecular formula is C11H15BrO2. The van der Waals surface area contributed by atoms with Crippen LogP contribution in [0.3, 0.4) is 0 Å². The van der Waals surface area contributed by atoms with E-state index in [0.29, 0.717) is 0 Å². The predicted octanol–water partition coefficient (Wildman–Crippen LogP) is 3.18. The lowest BCUT2D eigenvalue weighted by Crippen LogP contribution is -2.08. The lowest BCUT2D eigenvalue weighted by Gasteiger charge is -2.19. The van der Waals surface area contributed by atoms with Crippen LogP contribution in [-0.2, 0) is 14.8 Å². The Hall–Kier alpha value is -0.380. The van der Waals surface area contributed by atoms with Crippen LogP contribution in [0.1, 0.15) is 23.0 Å². The maximum atomic E-state index is 5.27. The Labute approximate surface area is 93.4 Å². The van der Waals surface area contributed by atoms with Crippen LogP contribution < -0.4 is 0 Å². The van der Waals surface area contributed by atoms with Gasteiger partial charge in [-0.05, 0) is 18.1 Å². The summed E-state index contributed by atoms with van der Waals surface area (Å²) in [5.74, 6) is 0. The summed E-state index contributed by atoms with van der Waals surface area (Å²) in [6.07, 6.45) is -0.274. The minimum Gasteiger partial charge on any atom is -0.352 e. The Kier molecular flexibility index (Phi) is 4.58. The number of benzene rings is 1. The van der Waals surface area contributed by atoms with Gasteiger partial charge < -0.3 is 9.47 Å². The number of ether oxygens (including phenoxy) is 2. The van der Waals surface area contributed by atoms with Gasteiger partial charge in [-0.15, -0.1) is 0 Å². The lowest BCUT2D eigenvalue weighted by molar-refractivity contribution is -0.106. The van der Waals surface area contributed by atoms with Crippen molar-refractivity contribution in [2.75, 3.05) is 14.2 Å². The van der Waals surface area contributed by atoms with Gasteiger partial charge in [-0.25, -0.2) is 0 Å². The topological polar surface area (TPSA) is 18.5 Å². The monoisotopic (exact) mass is 258 g/mol. The normalized spacial score (nSPS) is 10.9. The molecule has 0 aromatic heterocycles. The van der Waals surface area contributed by atoms with Crippen molar-refractivity contribution in [1.29, 1.82) is 0 Å². The van der Waals surface area contributed by atoms with Crippen molar-refractivity contribution in [3.05, 3.63) is 34.9 Å². The van der Waals surface area contributed by atoms with Gasteiger partial charge in [-0.1, -0.05) is 34.1 Å². The number of hydrogen-bond acceptors (Lipinski definition) is 2. The summed E-state index contributed by atoms with van der Waals surface area (Å²) in [5, 5.41) is 0.813. The highest BCUT2D eigenvalue weighted by Gasteiger charge is 2.15. The number of aryl methyl sites for hydroxylation is 1. The Morgan fingerprint density at radius 3 is 2.43 bits per heavy atom. The van der Waals surface area contributed by atoms with Gasteiger partial charge in [0.25, 0.3) is 0 Å². The van der Waals surface area contributed by atoms with Crippen LogP contribution >= 0.6 is 15.9 Å². The van der Waals surface area contributed by atoms with Crippen molar-refractivity contribution in [3.63, 3.8) is 0 Å². The molecule has 0 amide bonds. The fourth-order valence-electron chi connectivity index (χ4n) is 1.53. The molecule has 0 fully saturated rings. The van der Waals surface area contributed by atoms with Crippen molar-refractivity contribution in [3.8, 4) is 0 Å². The second-order valence-corrected chi connectivity index (χ2v) is 3.65. The largest absolute Gasteiger partial charge is 0.352 e. The average Bonchev–Trinajstić information content (AvgIpc) is 2.22. The Morgan fingerprint density at radius 1 is 1.29 bits per heavy atom. The zero-order chi connectivity index (χ0) is 10.6. The molecule has 1 aromatic rings. The van der Waals surface area contributed by atoms with Crippen LogP contribution in [0.15, 0.2) is 18.2 Å². The van der Waals surface area contributed by atoms with Crippen LogP contribution in [0.2, 0.25) is 0 Å². The number of rotatable bonds is 4. The average molecular weight is 259 g/mol. The first-order valence-corrected chi connectivity index (χ1v) is 5.56. The molecular weight excluding hydrogens is 244 g/mol. The van der Waals surface area contributed by atoms with Crippen LogP contribution in [0.5, 0.6) is 0 Å². The van der Waals surface area contributed by atoms with E-state index in [0.717, 1.165) is 10.9 Å². The number of halogens is 1. The first-order chi connectivity index (χ1) is 6.74. The summed E-state index contributed by atoms with van der Waals surface area (Å²) in [6, 6.07) is 6.17. The van der Waals surface area contributed by atoms with Gasteiger partial charge in [0.1, 0.15) is 0 Å². The zero-order valence-corrected chi connectivity index (χ0v) is 10.3. The summed E-state index contributed by atoms with van der Waals surface area (Å²) in [6.45, 7) is 2.06. The quantitative estimate of drug-likeness (QED) is 0.610. The third-order valence-electron chi connectivity index (χ3n) is 2.22. The van der Waals surface area contributed by atoms with Gasteiger partial charge in [0.05, 0.1) is 0 Å². The lowest BCUT2D eigenvalue weighted by atomic mass is 10.0. The van der Waals surface area contributed by atoms with E-state index in [1.54, 1.807) is 14.2 Å². The van der Waals surface area contributed by atoms with E-state index in [-0.39, 0.29) is 6.29 Å². The van der Waals surface area contributed by atoms with E-state index < -0.39 is 0 Å². The van der Waals surface area contributed by atoms with E-state index in [2.05, 4.69) is 35.0 Å². The number of hydrogen-bond donors (Lipinski definition) is 0. The molecule has 0 heterocycles. The highest BCUT2D eigenvalue weighted by molar-refractivity contribution is 9.08. The minimum atomic E-state index is -0.274. The van der Waals surface area contributed by atoms with E-state index in [1.165, 1.54) is 11.1 Å². The molecule has 3 heteroatoms. The van der Waals surface area contributed by atoms with Crippen LogP contribution in [0, 0.1) is 6.92 Å². The van der Waals surface area contributed by atoms with Gasteiger partial charge in [-0.3, -0.25) is 0 Å². The molecule has 0 unspecified atom stereocenters. The van der Waals surface area contributed by atoms with Gasteiger partial charge in [-0.2, -0.15) is 0 Å². The number of alkyl halides is 1. The predicted molar refractivity (Wildman–Crippen MR) is 60.6 cm³/mol. The molecule has 0 spiro atoms. The third kappa shape index (κ3) is 2.35. The first kappa shape index (κ1) is 11.7. The summed E-state index contributed by atoms with van der Waals surface area (Å²) < 4.78 is 10.5. The van der Waals surface area contributed by atoms with Crippen molar-refractivity contribution >= 4 is 15.9 Å². The molecule has 1 rings (SSSR count). The molecule has 0 aliphatic heterocycles. The van der Waals surface area contributed by atoms with Crippen LogP contribution in [-0.4, -0.2) is 14.2 Å². The fraction of sp³-hybridized carbons (Fsp3) is 0.455. The maximum absolute atomic E-state index is 5.27. The van der Waals surface area contributed by atoms with Crippen molar-refractivity contribution in [2.45, 2.75) is 18.5 Å². The second-order valence-electron chi connectivity index (χ2n) is 3.08. The highest BCUT2D eigenvalue weighted by Crippen LogP contribution is 2.26. The van der Waals surface area contributed by atoms with Crippen LogP contribution in [0.25, 0.3) is 0 Å². The van der Waals surface area contributed by atoms with Crippen molar-refractivity contribution in [1.82, 2.24) is 0 Å². The Morgan fingerprint density at radius 2 is 1.93 bits per heavy atom. The summed E-state index contributed by atoms with van der Waals surface area (Å²) in [5.41, 5.74) is 3.52. The Bertz CT molecular complexity index is 295. The summed E-state index contributed by atoms with van der Waals surface area (Å²) >= 11 is 3.46. The second kappa shape index (κ2) is 5.49. The van der Waals surface area contributed by atoms with Crippen LogP contribution in [0.4, 0.5) is 0 Å². The Balaban J connectivity index is 3.14. The molecule has 0 N–H and O–H groups in total. The molecule has 0 bridgehead atoms. The fourth-order valence-corrected chi connectivity index (χ4v) is 2.02. The van der Waals surface area contributed by atoms with E-state index in [9.17, 15) is 0 Å². The van der Waals surface area contributed by atoms with Gasteiger partial charge in [0.2, 0.25) is 0 Å². The summed E-state index contributed by atoms with van der Waals surface area (Å²) in [4.78, 5) is 0. The molecule has 0 aliphatic carbocycles. The molecule has 1 aromatic carbocycles. The van der Waals surface area contributed by atoms with Gasteiger partial charge in [0, 0.05) is 25.1 Å². The van der Waals surface area contributed by atoms with Crippen molar-refractivity contribution in [2.24, 2.45) is 0 Å². The van der Waals surface area contributed by atoms with E-state index in [4.69, 9.17) is 9.47 Å².